The number of nitrogens with zero attached hydrogens (tertiary/aromatic N) is 2. The molecular weight excluding hydrogens is 253 g/mol. The maximum atomic E-state index is 13.5. The van der Waals surface area contributed by atoms with E-state index in [-0.39, 0.29) is 11.1 Å². The minimum absolute atomic E-state index is 0.119. The molecule has 2 rings (SSSR count). The Kier molecular flexibility index (Phi) is 4.23. The van der Waals surface area contributed by atoms with Crippen LogP contribution in [0.1, 0.15) is 24.2 Å². The molecule has 0 bridgehead atoms. The molecule has 0 aliphatic heterocycles. The third-order valence-corrected chi connectivity index (χ3v) is 2.87. The van der Waals surface area contributed by atoms with Crippen LogP contribution >= 0.6 is 11.6 Å². The maximum absolute atomic E-state index is 13.5. The number of hydrogen-bond acceptors (Lipinski definition) is 3. The zero-order valence-corrected chi connectivity index (χ0v) is 10.7. The van der Waals surface area contributed by atoms with Crippen LogP contribution in [0.4, 0.5) is 4.39 Å². The largest absolute Gasteiger partial charge is 0.305 e. The average molecular weight is 266 g/mol. The monoisotopic (exact) mass is 265 g/mol. The molecule has 0 fully saturated rings. The zero-order chi connectivity index (χ0) is 13.0. The van der Waals surface area contributed by atoms with Crippen molar-refractivity contribution in [1.82, 2.24) is 15.3 Å². The summed E-state index contributed by atoms with van der Waals surface area (Å²) in [5, 5.41) is 3.37. The molecule has 0 aliphatic rings. The highest BCUT2D eigenvalue weighted by molar-refractivity contribution is 6.30. The van der Waals surface area contributed by atoms with Gasteiger partial charge in [-0.1, -0.05) is 24.6 Å². The predicted octanol–water partition coefficient (Wildman–Crippen LogP) is 2.97. The molecule has 1 N–H and O–H groups in total. The van der Waals surface area contributed by atoms with Crippen LogP contribution in [0.15, 0.2) is 36.8 Å². The predicted molar refractivity (Wildman–Crippen MR) is 69.0 cm³/mol. The van der Waals surface area contributed by atoms with Crippen LogP contribution in [0.5, 0.6) is 0 Å². The Balaban J connectivity index is 2.38. The number of benzene rings is 1. The van der Waals surface area contributed by atoms with Gasteiger partial charge in [0.1, 0.15) is 5.82 Å². The van der Waals surface area contributed by atoms with Crippen molar-refractivity contribution in [2.75, 3.05) is 6.54 Å². The lowest BCUT2D eigenvalue weighted by Crippen LogP contribution is -2.23. The molecule has 0 aliphatic carbocycles. The van der Waals surface area contributed by atoms with Crippen LogP contribution in [-0.2, 0) is 0 Å². The third kappa shape index (κ3) is 2.83. The lowest BCUT2D eigenvalue weighted by Gasteiger charge is -2.17. The Bertz CT molecular complexity index is 519. The summed E-state index contributed by atoms with van der Waals surface area (Å²) < 4.78 is 13.5. The second kappa shape index (κ2) is 5.89. The third-order valence-electron chi connectivity index (χ3n) is 2.56. The fourth-order valence-electron chi connectivity index (χ4n) is 1.75. The highest BCUT2D eigenvalue weighted by Crippen LogP contribution is 2.23. The standard InChI is InChI=1S/C13H13ClFN3/c1-2-17-13(12-8-16-5-6-18-12)9-3-4-10(14)11(15)7-9/h3-8,13,17H,2H2,1H3. The summed E-state index contributed by atoms with van der Waals surface area (Å²) in [6.07, 6.45) is 4.89. The number of halogens is 2. The van der Waals surface area contributed by atoms with Crippen molar-refractivity contribution in [1.29, 1.82) is 0 Å². The van der Waals surface area contributed by atoms with E-state index in [1.807, 2.05) is 6.92 Å². The van der Waals surface area contributed by atoms with Gasteiger partial charge in [0, 0.05) is 12.4 Å². The Morgan fingerprint density at radius 2 is 2.22 bits per heavy atom. The lowest BCUT2D eigenvalue weighted by molar-refractivity contribution is 0.594. The van der Waals surface area contributed by atoms with Gasteiger partial charge in [-0.15, -0.1) is 0 Å². The van der Waals surface area contributed by atoms with Crippen molar-refractivity contribution in [3.63, 3.8) is 0 Å². The summed E-state index contributed by atoms with van der Waals surface area (Å²) >= 11 is 5.69. The topological polar surface area (TPSA) is 37.8 Å². The molecule has 1 aromatic heterocycles. The molecule has 0 amide bonds. The molecular formula is C13H13ClFN3. The SMILES string of the molecule is CCNC(c1ccc(Cl)c(F)c1)c1cnccn1. The van der Waals surface area contributed by atoms with Crippen molar-refractivity contribution in [2.24, 2.45) is 0 Å². The summed E-state index contributed by atoms with van der Waals surface area (Å²) in [6.45, 7) is 2.72. The van der Waals surface area contributed by atoms with E-state index >= 15 is 0 Å². The molecule has 2 aromatic rings. The fourth-order valence-corrected chi connectivity index (χ4v) is 1.87. The second-order valence-corrected chi connectivity index (χ2v) is 4.20. The Labute approximate surface area is 110 Å². The molecule has 0 saturated carbocycles. The van der Waals surface area contributed by atoms with Gasteiger partial charge in [-0.25, -0.2) is 4.39 Å². The van der Waals surface area contributed by atoms with Gasteiger partial charge in [0.2, 0.25) is 0 Å². The van der Waals surface area contributed by atoms with Gasteiger partial charge in [0.05, 0.1) is 23.0 Å². The van der Waals surface area contributed by atoms with Gasteiger partial charge in [-0.05, 0) is 24.2 Å². The number of nitrogens with one attached hydrogen (secondary N) is 1. The molecule has 18 heavy (non-hydrogen) atoms. The van der Waals surface area contributed by atoms with E-state index in [1.165, 1.54) is 6.07 Å². The summed E-state index contributed by atoms with van der Waals surface area (Å²) in [7, 11) is 0. The van der Waals surface area contributed by atoms with E-state index in [9.17, 15) is 4.39 Å². The highest BCUT2D eigenvalue weighted by Gasteiger charge is 2.15. The van der Waals surface area contributed by atoms with Gasteiger partial charge >= 0.3 is 0 Å². The molecule has 94 valence electrons. The van der Waals surface area contributed by atoms with E-state index in [0.717, 1.165) is 17.8 Å². The highest BCUT2D eigenvalue weighted by atomic mass is 35.5. The van der Waals surface area contributed by atoms with Crippen LogP contribution in [0.25, 0.3) is 0 Å². The van der Waals surface area contributed by atoms with Crippen LogP contribution in [-0.4, -0.2) is 16.5 Å². The number of rotatable bonds is 4. The molecule has 1 atom stereocenters. The quantitative estimate of drug-likeness (QED) is 0.924. The molecule has 0 spiro atoms. The minimum atomic E-state index is -0.430. The first-order valence-corrected chi connectivity index (χ1v) is 6.04. The molecule has 1 aromatic carbocycles. The van der Waals surface area contributed by atoms with E-state index in [1.54, 1.807) is 30.7 Å². The van der Waals surface area contributed by atoms with Gasteiger partial charge in [0.15, 0.2) is 0 Å². The first-order valence-electron chi connectivity index (χ1n) is 5.66. The zero-order valence-electron chi connectivity index (χ0n) is 9.90. The first-order chi connectivity index (χ1) is 8.72. The summed E-state index contributed by atoms with van der Waals surface area (Å²) in [4.78, 5) is 8.28. The normalized spacial score (nSPS) is 12.4. The fraction of sp³-hybridized carbons (Fsp3) is 0.231. The minimum Gasteiger partial charge on any atom is -0.305 e. The molecule has 0 radical (unpaired) electrons. The van der Waals surface area contributed by atoms with Crippen LogP contribution in [0.2, 0.25) is 5.02 Å². The maximum Gasteiger partial charge on any atom is 0.142 e. The van der Waals surface area contributed by atoms with Crippen molar-refractivity contribution in [3.8, 4) is 0 Å². The van der Waals surface area contributed by atoms with Crippen molar-refractivity contribution in [2.45, 2.75) is 13.0 Å². The molecule has 0 saturated heterocycles. The van der Waals surface area contributed by atoms with Crippen LogP contribution < -0.4 is 5.32 Å². The summed E-state index contributed by atoms with van der Waals surface area (Å²) in [5.41, 5.74) is 1.53. The Morgan fingerprint density at radius 1 is 1.39 bits per heavy atom. The van der Waals surface area contributed by atoms with E-state index in [0.29, 0.717) is 0 Å². The van der Waals surface area contributed by atoms with Gasteiger partial charge < -0.3 is 5.32 Å². The number of hydrogen-bond donors (Lipinski definition) is 1. The number of aromatic nitrogens is 2. The van der Waals surface area contributed by atoms with Gasteiger partial charge in [0.25, 0.3) is 0 Å². The van der Waals surface area contributed by atoms with E-state index < -0.39 is 5.82 Å². The van der Waals surface area contributed by atoms with E-state index in [4.69, 9.17) is 11.6 Å². The smallest absolute Gasteiger partial charge is 0.142 e. The van der Waals surface area contributed by atoms with Crippen LogP contribution in [0.3, 0.4) is 0 Å². The summed E-state index contributed by atoms with van der Waals surface area (Å²) in [6, 6.07) is 4.57. The summed E-state index contributed by atoms with van der Waals surface area (Å²) in [5.74, 6) is -0.430. The molecule has 1 unspecified atom stereocenters. The molecule has 5 heteroatoms. The van der Waals surface area contributed by atoms with E-state index in [2.05, 4.69) is 15.3 Å². The second-order valence-electron chi connectivity index (χ2n) is 3.79. The Hall–Kier alpha value is -1.52. The first kappa shape index (κ1) is 12.9. The Morgan fingerprint density at radius 3 is 2.83 bits per heavy atom. The average Bonchev–Trinajstić information content (AvgIpc) is 2.40. The van der Waals surface area contributed by atoms with Crippen molar-refractivity contribution in [3.05, 3.63) is 58.9 Å². The van der Waals surface area contributed by atoms with Gasteiger partial charge in [-0.3, -0.25) is 9.97 Å². The van der Waals surface area contributed by atoms with Crippen molar-refractivity contribution >= 4 is 11.6 Å². The van der Waals surface area contributed by atoms with Gasteiger partial charge in [-0.2, -0.15) is 0 Å². The van der Waals surface area contributed by atoms with Crippen LogP contribution in [0, 0.1) is 5.82 Å². The van der Waals surface area contributed by atoms with Crippen molar-refractivity contribution < 1.29 is 4.39 Å². The lowest BCUT2D eigenvalue weighted by atomic mass is 10.0. The molecule has 3 nitrogen and oxygen atoms in total. The molecule has 1 heterocycles.